The minimum absolute atomic E-state index is 0. The third-order valence-electron chi connectivity index (χ3n) is 2.69. The van der Waals surface area contributed by atoms with Gasteiger partial charge in [-0.3, -0.25) is 14.1 Å². The fourth-order valence-corrected chi connectivity index (χ4v) is 1.70. The van der Waals surface area contributed by atoms with Gasteiger partial charge in [0.15, 0.2) is 0 Å². The zero-order chi connectivity index (χ0) is 12.6. The number of nitrogens with zero attached hydrogens (tertiary/aromatic N) is 2. The molecule has 5 heteroatoms. The molecule has 0 fully saturated rings. The van der Waals surface area contributed by atoms with Crippen molar-refractivity contribution in [2.75, 3.05) is 26.0 Å². The lowest BCUT2D eigenvalue weighted by Gasteiger charge is -2.24. The Balaban J connectivity index is 0.00000162. The molecule has 4 nitrogen and oxygen atoms in total. The maximum atomic E-state index is 11.5. The van der Waals surface area contributed by atoms with Gasteiger partial charge in [-0.15, -0.1) is 0 Å². The van der Waals surface area contributed by atoms with E-state index in [9.17, 15) is 9.59 Å². The van der Waals surface area contributed by atoms with Crippen LogP contribution in [0.5, 0.6) is 0 Å². The SMILES string of the molecule is C[N+](C)(C)c1ccc(N2C(=O)C=CC2=O)cc1.[I-]. The van der Waals surface area contributed by atoms with E-state index in [1.807, 2.05) is 12.1 Å². The van der Waals surface area contributed by atoms with Gasteiger partial charge in [-0.25, -0.2) is 4.90 Å². The molecule has 1 aromatic carbocycles. The summed E-state index contributed by atoms with van der Waals surface area (Å²) in [6.07, 6.45) is 2.58. The Bertz CT molecular complexity index is 483. The molecule has 0 spiro atoms. The average Bonchev–Trinajstić information content (AvgIpc) is 2.58. The smallest absolute Gasteiger partial charge is 0.258 e. The molecule has 0 aliphatic carbocycles. The number of quaternary nitrogens is 1. The van der Waals surface area contributed by atoms with Crippen molar-refractivity contribution in [3.05, 3.63) is 36.4 Å². The number of rotatable bonds is 2. The molecule has 2 rings (SSSR count). The van der Waals surface area contributed by atoms with Gasteiger partial charge in [0.25, 0.3) is 11.8 Å². The van der Waals surface area contributed by atoms with Crippen molar-refractivity contribution in [2.24, 2.45) is 0 Å². The number of anilines is 1. The molecule has 1 aromatic rings. The molecule has 2 amide bonds. The molecule has 96 valence electrons. The fourth-order valence-electron chi connectivity index (χ4n) is 1.70. The second kappa shape index (κ2) is 5.19. The summed E-state index contributed by atoms with van der Waals surface area (Å²) in [5.74, 6) is -0.569. The lowest BCUT2D eigenvalue weighted by molar-refractivity contribution is -0.119. The second-order valence-corrected chi connectivity index (χ2v) is 4.87. The number of halogens is 1. The Hall–Kier alpha value is -1.21. The van der Waals surface area contributed by atoms with E-state index >= 15 is 0 Å². The van der Waals surface area contributed by atoms with Gasteiger partial charge in [-0.05, 0) is 12.1 Å². The van der Waals surface area contributed by atoms with Crippen molar-refractivity contribution in [2.45, 2.75) is 0 Å². The van der Waals surface area contributed by atoms with Gasteiger partial charge in [0.1, 0.15) is 5.69 Å². The molecule has 0 bridgehead atoms. The van der Waals surface area contributed by atoms with E-state index in [2.05, 4.69) is 21.1 Å². The number of carbonyl (C=O) groups excluding carboxylic acids is 2. The molecule has 0 saturated carbocycles. The van der Waals surface area contributed by atoms with E-state index in [4.69, 9.17) is 0 Å². The Morgan fingerprint density at radius 3 is 1.72 bits per heavy atom. The topological polar surface area (TPSA) is 37.4 Å². The van der Waals surface area contributed by atoms with Crippen LogP contribution < -0.4 is 33.4 Å². The highest BCUT2D eigenvalue weighted by Gasteiger charge is 2.25. The summed E-state index contributed by atoms with van der Waals surface area (Å²) in [6, 6.07) is 7.44. The minimum atomic E-state index is -0.284. The first kappa shape index (κ1) is 14.8. The van der Waals surface area contributed by atoms with Gasteiger partial charge in [0.2, 0.25) is 0 Å². The predicted octanol–water partition coefficient (Wildman–Crippen LogP) is -1.68. The van der Waals surface area contributed by atoms with Crippen LogP contribution >= 0.6 is 0 Å². The van der Waals surface area contributed by atoms with Gasteiger partial charge in [0, 0.05) is 24.3 Å². The van der Waals surface area contributed by atoms with Crippen LogP contribution in [-0.4, -0.2) is 33.0 Å². The fraction of sp³-hybridized carbons (Fsp3) is 0.231. The summed E-state index contributed by atoms with van der Waals surface area (Å²) in [6.45, 7) is 0. The summed E-state index contributed by atoms with van der Waals surface area (Å²) in [5.41, 5.74) is 1.73. The normalized spacial score (nSPS) is 14.9. The minimum Gasteiger partial charge on any atom is -1.00 e. The second-order valence-electron chi connectivity index (χ2n) is 4.87. The highest BCUT2D eigenvalue weighted by Crippen LogP contribution is 2.24. The third kappa shape index (κ3) is 2.78. The third-order valence-corrected chi connectivity index (χ3v) is 2.69. The molecule has 1 aliphatic rings. The molecule has 1 heterocycles. The van der Waals surface area contributed by atoms with Crippen molar-refractivity contribution in [1.82, 2.24) is 4.48 Å². The van der Waals surface area contributed by atoms with Gasteiger partial charge < -0.3 is 24.0 Å². The van der Waals surface area contributed by atoms with Crippen molar-refractivity contribution < 1.29 is 33.6 Å². The summed E-state index contributed by atoms with van der Waals surface area (Å²) in [5, 5.41) is 0. The molecule has 0 saturated heterocycles. The number of hydrogen-bond acceptors (Lipinski definition) is 2. The maximum absolute atomic E-state index is 11.5. The molecule has 0 radical (unpaired) electrons. The van der Waals surface area contributed by atoms with Gasteiger partial charge in [0.05, 0.1) is 26.8 Å². The molecule has 1 aliphatic heterocycles. The average molecular weight is 358 g/mol. The van der Waals surface area contributed by atoms with Crippen molar-refractivity contribution in [1.29, 1.82) is 0 Å². The highest BCUT2D eigenvalue weighted by atomic mass is 127. The van der Waals surface area contributed by atoms with E-state index in [1.54, 1.807) is 12.1 Å². The first-order valence-corrected chi connectivity index (χ1v) is 5.38. The quantitative estimate of drug-likeness (QED) is 0.360. The Kier molecular flexibility index (Phi) is 4.28. The Morgan fingerprint density at radius 1 is 0.889 bits per heavy atom. The molecule has 0 atom stereocenters. The lowest BCUT2D eigenvalue weighted by Crippen LogP contribution is -3.00. The summed E-state index contributed by atoms with van der Waals surface area (Å²) < 4.78 is 0.695. The van der Waals surface area contributed by atoms with E-state index in [-0.39, 0.29) is 35.8 Å². The molecular weight excluding hydrogens is 343 g/mol. The van der Waals surface area contributed by atoms with Crippen LogP contribution in [0.15, 0.2) is 36.4 Å². The van der Waals surface area contributed by atoms with Crippen molar-refractivity contribution >= 4 is 23.2 Å². The van der Waals surface area contributed by atoms with Crippen LogP contribution in [0.3, 0.4) is 0 Å². The number of hydrogen-bond donors (Lipinski definition) is 0. The lowest BCUT2D eigenvalue weighted by atomic mass is 10.2. The van der Waals surface area contributed by atoms with Crippen molar-refractivity contribution in [3.63, 3.8) is 0 Å². The van der Waals surface area contributed by atoms with Gasteiger partial charge in [-0.1, -0.05) is 0 Å². The number of carbonyl (C=O) groups is 2. The van der Waals surface area contributed by atoms with Crippen LogP contribution in [0.4, 0.5) is 11.4 Å². The first-order valence-electron chi connectivity index (χ1n) is 5.38. The maximum Gasteiger partial charge on any atom is 0.258 e. The Morgan fingerprint density at radius 2 is 1.33 bits per heavy atom. The van der Waals surface area contributed by atoms with E-state index in [0.717, 1.165) is 5.69 Å². The number of benzene rings is 1. The highest BCUT2D eigenvalue weighted by molar-refractivity contribution is 6.28. The Labute approximate surface area is 123 Å². The number of imide groups is 1. The van der Waals surface area contributed by atoms with Crippen LogP contribution in [0, 0.1) is 0 Å². The largest absolute Gasteiger partial charge is 1.00 e. The van der Waals surface area contributed by atoms with E-state index < -0.39 is 0 Å². The first-order chi connectivity index (χ1) is 7.89. The van der Waals surface area contributed by atoms with E-state index in [1.165, 1.54) is 17.1 Å². The molecule has 0 N–H and O–H groups in total. The standard InChI is InChI=1S/C13H15N2O2.HI/c1-15(2,3)11-6-4-10(5-7-11)14-12(16)8-9-13(14)17;/h4-9H,1-3H3;1H/q+1;/p-1. The van der Waals surface area contributed by atoms with Crippen LogP contribution in [-0.2, 0) is 9.59 Å². The predicted molar refractivity (Wildman–Crippen MR) is 67.6 cm³/mol. The molecular formula is C13H15IN2O2. The van der Waals surface area contributed by atoms with Gasteiger partial charge >= 0.3 is 0 Å². The van der Waals surface area contributed by atoms with Crippen molar-refractivity contribution in [3.8, 4) is 0 Å². The molecule has 0 unspecified atom stereocenters. The zero-order valence-corrected chi connectivity index (χ0v) is 12.7. The number of amides is 2. The summed E-state index contributed by atoms with van der Waals surface area (Å²) in [7, 11) is 6.17. The summed E-state index contributed by atoms with van der Waals surface area (Å²) in [4.78, 5) is 24.1. The van der Waals surface area contributed by atoms with Gasteiger partial charge in [-0.2, -0.15) is 0 Å². The van der Waals surface area contributed by atoms with Crippen LogP contribution in [0.25, 0.3) is 0 Å². The molecule has 0 aromatic heterocycles. The van der Waals surface area contributed by atoms with E-state index in [0.29, 0.717) is 10.2 Å². The van der Waals surface area contributed by atoms with Crippen LogP contribution in [0.1, 0.15) is 0 Å². The monoisotopic (exact) mass is 358 g/mol. The molecule has 18 heavy (non-hydrogen) atoms. The summed E-state index contributed by atoms with van der Waals surface area (Å²) >= 11 is 0. The zero-order valence-electron chi connectivity index (χ0n) is 10.6. The van der Waals surface area contributed by atoms with Crippen LogP contribution in [0.2, 0.25) is 0 Å².